The number of aliphatic hydroxyl groups is 1. The van der Waals surface area contributed by atoms with E-state index in [0.29, 0.717) is 26.1 Å². The van der Waals surface area contributed by atoms with Crippen molar-refractivity contribution in [2.75, 3.05) is 13.2 Å². The lowest BCUT2D eigenvalue weighted by Gasteiger charge is -2.41. The van der Waals surface area contributed by atoms with E-state index in [1.807, 2.05) is 27.7 Å². The molecule has 1 aliphatic rings. The summed E-state index contributed by atoms with van der Waals surface area (Å²) >= 11 is 0. The standard InChI is InChI=1S/C11H22O3/c1-9(2)13-8-11(12)5-6-14-10(3,4)7-11/h9,12H,5-8H2,1-4H3. The van der Waals surface area contributed by atoms with Crippen LogP contribution < -0.4 is 0 Å². The van der Waals surface area contributed by atoms with Crippen LogP contribution in [-0.4, -0.2) is 35.6 Å². The predicted molar refractivity (Wildman–Crippen MR) is 55.3 cm³/mol. The zero-order chi connectivity index (χ0) is 10.8. The maximum atomic E-state index is 10.3. The third-order valence-electron chi connectivity index (χ3n) is 2.50. The van der Waals surface area contributed by atoms with Crippen molar-refractivity contribution >= 4 is 0 Å². The maximum Gasteiger partial charge on any atom is 0.0929 e. The van der Waals surface area contributed by atoms with Crippen LogP contribution >= 0.6 is 0 Å². The quantitative estimate of drug-likeness (QED) is 0.757. The van der Waals surface area contributed by atoms with E-state index in [0.717, 1.165) is 0 Å². The normalized spacial score (nSPS) is 32.1. The van der Waals surface area contributed by atoms with Gasteiger partial charge in [-0.25, -0.2) is 0 Å². The van der Waals surface area contributed by atoms with Gasteiger partial charge in [0.25, 0.3) is 0 Å². The largest absolute Gasteiger partial charge is 0.387 e. The highest BCUT2D eigenvalue weighted by atomic mass is 16.5. The van der Waals surface area contributed by atoms with Gasteiger partial charge < -0.3 is 14.6 Å². The van der Waals surface area contributed by atoms with Crippen LogP contribution in [0.2, 0.25) is 0 Å². The third kappa shape index (κ3) is 3.56. The summed E-state index contributed by atoms with van der Waals surface area (Å²) < 4.78 is 11.0. The molecule has 0 bridgehead atoms. The number of ether oxygens (including phenoxy) is 2. The first-order chi connectivity index (χ1) is 6.33. The molecule has 0 radical (unpaired) electrons. The van der Waals surface area contributed by atoms with Gasteiger partial charge in [-0.15, -0.1) is 0 Å². The van der Waals surface area contributed by atoms with Gasteiger partial charge in [-0.1, -0.05) is 0 Å². The fourth-order valence-electron chi connectivity index (χ4n) is 1.89. The Morgan fingerprint density at radius 1 is 1.43 bits per heavy atom. The summed E-state index contributed by atoms with van der Waals surface area (Å²) in [5.74, 6) is 0. The molecule has 0 aromatic carbocycles. The third-order valence-corrected chi connectivity index (χ3v) is 2.50. The summed E-state index contributed by atoms with van der Waals surface area (Å²) in [5.41, 5.74) is -0.931. The van der Waals surface area contributed by atoms with Crippen LogP contribution in [0.1, 0.15) is 40.5 Å². The molecule has 1 atom stereocenters. The first-order valence-electron chi connectivity index (χ1n) is 5.31. The molecule has 84 valence electrons. The van der Waals surface area contributed by atoms with Gasteiger partial charge in [0.2, 0.25) is 0 Å². The first kappa shape index (κ1) is 12.0. The van der Waals surface area contributed by atoms with E-state index in [9.17, 15) is 5.11 Å². The van der Waals surface area contributed by atoms with Crippen LogP contribution in [0.5, 0.6) is 0 Å². The zero-order valence-electron chi connectivity index (χ0n) is 9.67. The minimum Gasteiger partial charge on any atom is -0.387 e. The van der Waals surface area contributed by atoms with Crippen LogP contribution in [0.4, 0.5) is 0 Å². The smallest absolute Gasteiger partial charge is 0.0929 e. The molecule has 1 N–H and O–H groups in total. The lowest BCUT2D eigenvalue weighted by atomic mass is 9.85. The molecule has 0 saturated carbocycles. The molecule has 1 saturated heterocycles. The molecule has 0 aliphatic carbocycles. The predicted octanol–water partition coefficient (Wildman–Crippen LogP) is 1.73. The summed E-state index contributed by atoms with van der Waals surface area (Å²) in [6.07, 6.45) is 1.49. The highest BCUT2D eigenvalue weighted by Crippen LogP contribution is 2.32. The molecular formula is C11H22O3. The average Bonchev–Trinajstić information content (AvgIpc) is 1.98. The molecule has 0 amide bonds. The van der Waals surface area contributed by atoms with E-state index < -0.39 is 5.60 Å². The molecule has 0 aromatic heterocycles. The lowest BCUT2D eigenvalue weighted by molar-refractivity contribution is -0.171. The minimum absolute atomic E-state index is 0.171. The van der Waals surface area contributed by atoms with Crippen molar-refractivity contribution in [3.8, 4) is 0 Å². The molecule has 3 nitrogen and oxygen atoms in total. The monoisotopic (exact) mass is 202 g/mol. The first-order valence-corrected chi connectivity index (χ1v) is 5.31. The molecule has 1 rings (SSSR count). The fourth-order valence-corrected chi connectivity index (χ4v) is 1.89. The van der Waals surface area contributed by atoms with Gasteiger partial charge in [0.1, 0.15) is 0 Å². The number of hydrogen-bond donors (Lipinski definition) is 1. The fraction of sp³-hybridized carbons (Fsp3) is 1.00. The van der Waals surface area contributed by atoms with E-state index in [1.54, 1.807) is 0 Å². The molecule has 1 fully saturated rings. The maximum absolute atomic E-state index is 10.3. The van der Waals surface area contributed by atoms with Crippen LogP contribution in [0.25, 0.3) is 0 Å². The zero-order valence-corrected chi connectivity index (χ0v) is 9.67. The Morgan fingerprint density at radius 3 is 2.57 bits per heavy atom. The topological polar surface area (TPSA) is 38.7 Å². The SMILES string of the molecule is CC(C)OCC1(O)CCOC(C)(C)C1. The second-order valence-electron chi connectivity index (χ2n) is 5.12. The van der Waals surface area contributed by atoms with E-state index in [2.05, 4.69) is 0 Å². The van der Waals surface area contributed by atoms with Gasteiger partial charge in [0.05, 0.1) is 30.5 Å². The molecule has 1 aliphatic heterocycles. The van der Waals surface area contributed by atoms with Crippen molar-refractivity contribution in [3.63, 3.8) is 0 Å². The van der Waals surface area contributed by atoms with Crippen molar-refractivity contribution in [2.24, 2.45) is 0 Å². The highest BCUT2D eigenvalue weighted by molar-refractivity contribution is 4.90. The van der Waals surface area contributed by atoms with Crippen LogP contribution in [-0.2, 0) is 9.47 Å². The van der Waals surface area contributed by atoms with Crippen molar-refractivity contribution < 1.29 is 14.6 Å². The Labute approximate surface area is 86.4 Å². The van der Waals surface area contributed by atoms with Gasteiger partial charge in [-0.2, -0.15) is 0 Å². The van der Waals surface area contributed by atoms with Crippen molar-refractivity contribution in [1.82, 2.24) is 0 Å². The minimum atomic E-state index is -0.702. The van der Waals surface area contributed by atoms with E-state index in [4.69, 9.17) is 9.47 Å². The van der Waals surface area contributed by atoms with Gasteiger partial charge in [0, 0.05) is 12.8 Å². The van der Waals surface area contributed by atoms with E-state index >= 15 is 0 Å². The molecular weight excluding hydrogens is 180 g/mol. The second kappa shape index (κ2) is 4.17. The number of rotatable bonds is 3. The molecule has 14 heavy (non-hydrogen) atoms. The van der Waals surface area contributed by atoms with Crippen LogP contribution in [0.3, 0.4) is 0 Å². The Kier molecular flexibility index (Phi) is 3.56. The molecule has 0 spiro atoms. The Hall–Kier alpha value is -0.120. The van der Waals surface area contributed by atoms with Gasteiger partial charge in [-0.3, -0.25) is 0 Å². The molecule has 3 heteroatoms. The summed E-state index contributed by atoms with van der Waals surface area (Å²) in [4.78, 5) is 0. The summed E-state index contributed by atoms with van der Waals surface area (Å²) in [6.45, 7) is 9.00. The highest BCUT2D eigenvalue weighted by Gasteiger charge is 2.39. The summed E-state index contributed by atoms with van der Waals surface area (Å²) in [7, 11) is 0. The Bertz CT molecular complexity index is 189. The summed E-state index contributed by atoms with van der Waals surface area (Å²) in [5, 5.41) is 10.3. The molecule has 0 aromatic rings. The lowest BCUT2D eigenvalue weighted by Crippen LogP contribution is -2.48. The molecule has 1 heterocycles. The van der Waals surface area contributed by atoms with E-state index in [-0.39, 0.29) is 11.7 Å². The van der Waals surface area contributed by atoms with Gasteiger partial charge in [0.15, 0.2) is 0 Å². The Balaban J connectivity index is 2.47. The Morgan fingerprint density at radius 2 is 2.07 bits per heavy atom. The van der Waals surface area contributed by atoms with Crippen molar-refractivity contribution in [1.29, 1.82) is 0 Å². The van der Waals surface area contributed by atoms with Crippen molar-refractivity contribution in [2.45, 2.75) is 57.8 Å². The van der Waals surface area contributed by atoms with Gasteiger partial charge in [-0.05, 0) is 27.7 Å². The van der Waals surface area contributed by atoms with Crippen LogP contribution in [0.15, 0.2) is 0 Å². The second-order valence-corrected chi connectivity index (χ2v) is 5.12. The average molecular weight is 202 g/mol. The van der Waals surface area contributed by atoms with Crippen molar-refractivity contribution in [3.05, 3.63) is 0 Å². The summed E-state index contributed by atoms with van der Waals surface area (Å²) in [6, 6.07) is 0. The van der Waals surface area contributed by atoms with Gasteiger partial charge >= 0.3 is 0 Å². The molecule has 1 unspecified atom stereocenters. The van der Waals surface area contributed by atoms with E-state index in [1.165, 1.54) is 0 Å². The number of hydrogen-bond acceptors (Lipinski definition) is 3. The van der Waals surface area contributed by atoms with Crippen LogP contribution in [0, 0.1) is 0 Å².